The van der Waals surface area contributed by atoms with Crippen molar-refractivity contribution in [2.24, 2.45) is 7.05 Å². The Kier molecular flexibility index (Phi) is 9.02. The number of carboxylic acids is 1. The van der Waals surface area contributed by atoms with Crippen LogP contribution in [-0.2, 0) is 30.9 Å². The van der Waals surface area contributed by atoms with Gasteiger partial charge in [-0.05, 0) is 64.6 Å². The summed E-state index contributed by atoms with van der Waals surface area (Å²) < 4.78 is 74.1. The number of nitrogens with one attached hydrogen (secondary N) is 1. The zero-order chi connectivity index (χ0) is 35.2. The number of fused-ring (bicyclic) bond motifs is 2. The molecule has 12 heteroatoms. The van der Waals surface area contributed by atoms with Gasteiger partial charge in [0.2, 0.25) is 0 Å². The first-order valence-corrected chi connectivity index (χ1v) is 15.6. The molecule has 4 aromatic carbocycles. The molecule has 0 aliphatic carbocycles. The molecule has 1 aromatic heterocycles. The lowest BCUT2D eigenvalue weighted by Gasteiger charge is -2.34. The summed E-state index contributed by atoms with van der Waals surface area (Å²) in [7, 11) is 1.41. The van der Waals surface area contributed by atoms with E-state index in [1.807, 2.05) is 4.90 Å². The maximum Gasteiger partial charge on any atom is 0.417 e. The van der Waals surface area contributed by atoms with E-state index in [4.69, 9.17) is 0 Å². The number of hydrogen-bond donors (Lipinski definition) is 2. The first-order chi connectivity index (χ1) is 23.2. The highest BCUT2D eigenvalue weighted by Crippen LogP contribution is 2.42. The van der Waals surface area contributed by atoms with Crippen LogP contribution in [-0.4, -0.2) is 58.3 Å². The number of likely N-dealkylation sites (tertiary alicyclic amines) is 1. The number of benzene rings is 4. The van der Waals surface area contributed by atoms with Gasteiger partial charge in [-0.3, -0.25) is 14.5 Å². The fourth-order valence-electron chi connectivity index (χ4n) is 6.61. The van der Waals surface area contributed by atoms with E-state index in [1.165, 1.54) is 61.0 Å². The van der Waals surface area contributed by atoms with Gasteiger partial charge >= 0.3 is 12.1 Å². The van der Waals surface area contributed by atoms with E-state index >= 15 is 13.2 Å². The van der Waals surface area contributed by atoms with Crippen LogP contribution < -0.4 is 10.9 Å². The van der Waals surface area contributed by atoms with Crippen molar-refractivity contribution in [1.82, 2.24) is 14.8 Å². The van der Waals surface area contributed by atoms with Gasteiger partial charge in [0, 0.05) is 38.5 Å². The van der Waals surface area contributed by atoms with Crippen molar-refractivity contribution < 1.29 is 36.6 Å². The number of amides is 1. The van der Waals surface area contributed by atoms with Gasteiger partial charge in [0.1, 0.15) is 18.0 Å². The molecule has 1 saturated heterocycles. The summed E-state index contributed by atoms with van der Waals surface area (Å²) in [5.41, 5.74) is -1.39. The lowest BCUT2D eigenvalue weighted by atomic mass is 9.90. The molecule has 49 heavy (non-hydrogen) atoms. The third-order valence-corrected chi connectivity index (χ3v) is 9.13. The number of carboxylic acid groups (broad SMARTS) is 1. The fourth-order valence-corrected chi connectivity index (χ4v) is 6.61. The average Bonchev–Trinajstić information content (AvgIpc) is 3.03. The largest absolute Gasteiger partial charge is 0.480 e. The summed E-state index contributed by atoms with van der Waals surface area (Å²) in [4.78, 5) is 40.9. The SMILES string of the molecule is Cc1cccc(F)c1C(=O)N[C@@H](Cc1cccc2c(-c3c(C(F)(F)F)c4cc(CCN5CC(F)C5)ccc4n(C)c3=O)cccc12)C(=O)O. The highest BCUT2D eigenvalue weighted by atomic mass is 19.4. The maximum absolute atomic E-state index is 15.1. The van der Waals surface area contributed by atoms with Gasteiger partial charge in [0.15, 0.2) is 0 Å². The molecule has 1 amide bonds. The molecular weight excluding hydrogens is 645 g/mol. The van der Waals surface area contributed by atoms with E-state index in [1.54, 1.807) is 24.3 Å². The molecule has 1 atom stereocenters. The molecule has 0 saturated carbocycles. The van der Waals surface area contributed by atoms with Crippen LogP contribution in [0.3, 0.4) is 0 Å². The smallest absolute Gasteiger partial charge is 0.417 e. The van der Waals surface area contributed by atoms with Crippen LogP contribution in [0.1, 0.15) is 32.6 Å². The fraction of sp³-hybridized carbons (Fsp3) is 0.270. The minimum atomic E-state index is -4.93. The second kappa shape index (κ2) is 13.1. The second-order valence-corrected chi connectivity index (χ2v) is 12.4. The highest BCUT2D eigenvalue weighted by Gasteiger charge is 2.39. The molecule has 1 aliphatic heterocycles. The predicted molar refractivity (Wildman–Crippen MR) is 176 cm³/mol. The molecule has 0 unspecified atom stereocenters. The van der Waals surface area contributed by atoms with Crippen LogP contribution >= 0.6 is 0 Å². The Morgan fingerprint density at radius 3 is 2.35 bits per heavy atom. The van der Waals surface area contributed by atoms with Crippen LogP contribution in [0.25, 0.3) is 32.8 Å². The molecule has 6 rings (SSSR count). The van der Waals surface area contributed by atoms with Crippen LogP contribution in [0.4, 0.5) is 22.0 Å². The van der Waals surface area contributed by atoms with Crippen molar-refractivity contribution in [2.45, 2.75) is 38.2 Å². The Bertz CT molecular complexity index is 2150. The molecule has 1 fully saturated rings. The average molecular weight is 678 g/mol. The second-order valence-electron chi connectivity index (χ2n) is 12.4. The topological polar surface area (TPSA) is 91.6 Å². The number of aromatic nitrogens is 1. The summed E-state index contributed by atoms with van der Waals surface area (Å²) in [6.45, 7) is 2.57. The van der Waals surface area contributed by atoms with Crippen molar-refractivity contribution in [3.63, 3.8) is 0 Å². The van der Waals surface area contributed by atoms with Crippen LogP contribution in [0.5, 0.6) is 0 Å². The molecule has 5 aromatic rings. The van der Waals surface area contributed by atoms with Gasteiger partial charge in [-0.15, -0.1) is 0 Å². The first-order valence-electron chi connectivity index (χ1n) is 15.6. The van der Waals surface area contributed by atoms with Gasteiger partial charge in [-0.2, -0.15) is 13.2 Å². The third-order valence-electron chi connectivity index (χ3n) is 9.13. The zero-order valence-electron chi connectivity index (χ0n) is 26.6. The summed E-state index contributed by atoms with van der Waals surface area (Å²) in [5, 5.41) is 12.9. The highest BCUT2D eigenvalue weighted by molar-refractivity contribution is 6.02. The number of rotatable bonds is 9. The van der Waals surface area contributed by atoms with Crippen LogP contribution in [0, 0.1) is 12.7 Å². The number of alkyl halides is 4. The van der Waals surface area contributed by atoms with Crippen molar-refractivity contribution in [1.29, 1.82) is 0 Å². The number of hydrogen-bond acceptors (Lipinski definition) is 4. The predicted octanol–water partition coefficient (Wildman–Crippen LogP) is 6.45. The van der Waals surface area contributed by atoms with Crippen LogP contribution in [0.2, 0.25) is 0 Å². The van der Waals surface area contributed by atoms with E-state index < -0.39 is 52.8 Å². The number of carbonyl (C=O) groups excluding carboxylic acids is 1. The lowest BCUT2D eigenvalue weighted by Crippen LogP contribution is -2.48. The minimum absolute atomic E-state index is 0.00652. The Balaban J connectivity index is 1.44. The summed E-state index contributed by atoms with van der Waals surface area (Å²) in [5.74, 6) is -3.13. The molecule has 7 nitrogen and oxygen atoms in total. The number of nitrogens with zero attached hydrogens (tertiary/aromatic N) is 2. The van der Waals surface area contributed by atoms with E-state index in [2.05, 4.69) is 5.32 Å². The van der Waals surface area contributed by atoms with Crippen molar-refractivity contribution >= 4 is 33.6 Å². The molecular formula is C37H32F5N3O4. The van der Waals surface area contributed by atoms with Crippen LogP contribution in [0.15, 0.2) is 77.6 Å². The molecule has 0 spiro atoms. The standard InChI is InChI=1S/C37H32F5N3O4/c1-20-6-3-11-28(39)31(20)34(46)43-29(36(48)49)17-22-7-4-9-25-24(22)8-5-10-26(25)32-33(37(40,41)42)27-16-21(14-15-45-18-23(38)19-45)12-13-30(27)44(2)35(32)47/h3-13,16,23,29H,14-15,17-19H2,1-2H3,(H,43,46)(H,48,49)/t29-/m0/s1. The molecule has 1 aliphatic rings. The molecule has 254 valence electrons. The quantitative estimate of drug-likeness (QED) is 0.175. The van der Waals surface area contributed by atoms with E-state index in [0.29, 0.717) is 35.0 Å². The Hall–Kier alpha value is -5.10. The monoisotopic (exact) mass is 677 g/mol. The van der Waals surface area contributed by atoms with Crippen molar-refractivity contribution in [3.8, 4) is 11.1 Å². The summed E-state index contributed by atoms with van der Waals surface area (Å²) in [6.07, 6.45) is -5.71. The zero-order valence-corrected chi connectivity index (χ0v) is 26.6. The molecule has 0 radical (unpaired) electrons. The maximum atomic E-state index is 15.1. The van der Waals surface area contributed by atoms with Crippen molar-refractivity contribution in [3.05, 3.63) is 117 Å². The number of aryl methyl sites for hydroxylation is 2. The lowest BCUT2D eigenvalue weighted by molar-refractivity contribution is -0.139. The Labute approximate surface area is 277 Å². The van der Waals surface area contributed by atoms with Gasteiger partial charge in [-0.25, -0.2) is 13.6 Å². The Morgan fingerprint density at radius 2 is 1.67 bits per heavy atom. The summed E-state index contributed by atoms with van der Waals surface area (Å²) in [6, 6.07) is 16.3. The number of aliphatic carboxylic acids is 1. The Morgan fingerprint density at radius 1 is 0.980 bits per heavy atom. The normalized spacial score (nSPS) is 14.6. The summed E-state index contributed by atoms with van der Waals surface area (Å²) >= 11 is 0. The number of halogens is 5. The third kappa shape index (κ3) is 6.52. The molecule has 2 N–H and O–H groups in total. The van der Waals surface area contributed by atoms with Gasteiger partial charge in [-0.1, -0.05) is 54.6 Å². The van der Waals surface area contributed by atoms with E-state index in [0.717, 1.165) is 6.07 Å². The van der Waals surface area contributed by atoms with E-state index in [9.17, 15) is 28.3 Å². The first kappa shape index (κ1) is 33.8. The molecule has 2 heterocycles. The van der Waals surface area contributed by atoms with Gasteiger partial charge in [0.25, 0.3) is 11.5 Å². The number of pyridine rings is 1. The minimum Gasteiger partial charge on any atom is -0.480 e. The van der Waals surface area contributed by atoms with Gasteiger partial charge in [0.05, 0.1) is 22.2 Å². The van der Waals surface area contributed by atoms with E-state index in [-0.39, 0.29) is 46.9 Å². The van der Waals surface area contributed by atoms with Gasteiger partial charge < -0.3 is 15.0 Å². The molecule has 0 bridgehead atoms. The van der Waals surface area contributed by atoms with Crippen molar-refractivity contribution in [2.75, 3.05) is 19.6 Å². The number of carbonyl (C=O) groups is 2.